The van der Waals surface area contributed by atoms with E-state index in [-0.39, 0.29) is 0 Å². The fourth-order valence-corrected chi connectivity index (χ4v) is 3.50. The molecule has 2 atom stereocenters. The van der Waals surface area contributed by atoms with Gasteiger partial charge in [0.15, 0.2) is 0 Å². The monoisotopic (exact) mass is 239 g/mol. The standard InChI is InChI=1S/C15H29NO/c1-11(2)13-7-14(8-13)16-10-15(17)6-4-5-12(3)9-15/h11-14,16-17H,4-10H2,1-3H3. The molecule has 0 aromatic heterocycles. The molecule has 0 spiro atoms. The van der Waals surface area contributed by atoms with E-state index in [2.05, 4.69) is 26.1 Å². The van der Waals surface area contributed by atoms with Crippen LogP contribution >= 0.6 is 0 Å². The molecule has 2 saturated carbocycles. The summed E-state index contributed by atoms with van der Waals surface area (Å²) in [5.74, 6) is 2.43. The van der Waals surface area contributed by atoms with Crippen molar-refractivity contribution in [3.8, 4) is 0 Å². The maximum atomic E-state index is 10.5. The summed E-state index contributed by atoms with van der Waals surface area (Å²) in [4.78, 5) is 0. The van der Waals surface area contributed by atoms with E-state index >= 15 is 0 Å². The van der Waals surface area contributed by atoms with Crippen LogP contribution in [0.25, 0.3) is 0 Å². The van der Waals surface area contributed by atoms with Crippen molar-refractivity contribution in [2.24, 2.45) is 17.8 Å². The lowest BCUT2D eigenvalue weighted by molar-refractivity contribution is -0.0183. The number of rotatable bonds is 4. The lowest BCUT2D eigenvalue weighted by Gasteiger charge is -2.42. The summed E-state index contributed by atoms with van der Waals surface area (Å²) < 4.78 is 0. The summed E-state index contributed by atoms with van der Waals surface area (Å²) >= 11 is 0. The molecular formula is C15H29NO. The van der Waals surface area contributed by atoms with Crippen molar-refractivity contribution < 1.29 is 5.11 Å². The summed E-state index contributed by atoms with van der Waals surface area (Å²) in [5, 5.41) is 14.1. The Kier molecular flexibility index (Phi) is 4.14. The zero-order valence-electron chi connectivity index (χ0n) is 11.7. The molecule has 17 heavy (non-hydrogen) atoms. The van der Waals surface area contributed by atoms with E-state index in [4.69, 9.17) is 0 Å². The molecule has 0 radical (unpaired) electrons. The Morgan fingerprint density at radius 1 is 1.35 bits per heavy atom. The van der Waals surface area contributed by atoms with Gasteiger partial charge in [-0.3, -0.25) is 0 Å². The van der Waals surface area contributed by atoms with Crippen LogP contribution in [0.1, 0.15) is 59.3 Å². The van der Waals surface area contributed by atoms with Crippen LogP contribution in [0.5, 0.6) is 0 Å². The van der Waals surface area contributed by atoms with Gasteiger partial charge in [-0.25, -0.2) is 0 Å². The third-order valence-corrected chi connectivity index (χ3v) is 4.90. The molecular weight excluding hydrogens is 210 g/mol. The second kappa shape index (κ2) is 5.27. The average molecular weight is 239 g/mol. The Hall–Kier alpha value is -0.0800. The Morgan fingerprint density at radius 3 is 2.65 bits per heavy atom. The van der Waals surface area contributed by atoms with Gasteiger partial charge in [0.2, 0.25) is 0 Å². The Bertz CT molecular complexity index is 247. The molecule has 2 unspecified atom stereocenters. The minimum atomic E-state index is -0.416. The number of aliphatic hydroxyl groups is 1. The topological polar surface area (TPSA) is 32.3 Å². The van der Waals surface area contributed by atoms with E-state index in [1.807, 2.05) is 0 Å². The molecule has 2 nitrogen and oxygen atoms in total. The van der Waals surface area contributed by atoms with Crippen LogP contribution in [-0.4, -0.2) is 23.3 Å². The van der Waals surface area contributed by atoms with E-state index < -0.39 is 5.60 Å². The summed E-state index contributed by atoms with van der Waals surface area (Å²) in [6.07, 6.45) is 7.08. The van der Waals surface area contributed by atoms with Crippen molar-refractivity contribution in [2.75, 3.05) is 6.54 Å². The maximum absolute atomic E-state index is 10.5. The molecule has 2 fully saturated rings. The quantitative estimate of drug-likeness (QED) is 0.790. The van der Waals surface area contributed by atoms with Gasteiger partial charge in [-0.2, -0.15) is 0 Å². The first-order valence-electron chi connectivity index (χ1n) is 7.44. The van der Waals surface area contributed by atoms with Crippen molar-refractivity contribution in [3.63, 3.8) is 0 Å². The molecule has 100 valence electrons. The fourth-order valence-electron chi connectivity index (χ4n) is 3.50. The molecule has 0 amide bonds. The van der Waals surface area contributed by atoms with Crippen molar-refractivity contribution in [1.29, 1.82) is 0 Å². The molecule has 2 rings (SSSR count). The second-order valence-electron chi connectivity index (χ2n) is 6.98. The zero-order valence-corrected chi connectivity index (χ0v) is 11.7. The molecule has 2 N–H and O–H groups in total. The van der Waals surface area contributed by atoms with Gasteiger partial charge in [0, 0.05) is 12.6 Å². The lowest BCUT2D eigenvalue weighted by atomic mass is 9.73. The van der Waals surface area contributed by atoms with Gasteiger partial charge in [0.1, 0.15) is 0 Å². The number of hydrogen-bond acceptors (Lipinski definition) is 2. The molecule has 0 aromatic rings. The van der Waals surface area contributed by atoms with Crippen LogP contribution in [0.2, 0.25) is 0 Å². The van der Waals surface area contributed by atoms with Gasteiger partial charge >= 0.3 is 0 Å². The number of hydrogen-bond donors (Lipinski definition) is 2. The largest absolute Gasteiger partial charge is 0.389 e. The predicted octanol–water partition coefficient (Wildman–Crippen LogP) is 2.95. The minimum absolute atomic E-state index is 0.416. The van der Waals surface area contributed by atoms with Crippen LogP contribution in [0.15, 0.2) is 0 Å². The second-order valence-corrected chi connectivity index (χ2v) is 6.98. The third kappa shape index (κ3) is 3.45. The highest BCUT2D eigenvalue weighted by atomic mass is 16.3. The van der Waals surface area contributed by atoms with E-state index in [1.54, 1.807) is 0 Å². The normalized spacial score (nSPS) is 42.5. The summed E-state index contributed by atoms with van der Waals surface area (Å²) in [6.45, 7) is 7.71. The van der Waals surface area contributed by atoms with Crippen LogP contribution in [-0.2, 0) is 0 Å². The van der Waals surface area contributed by atoms with E-state index in [0.717, 1.165) is 31.2 Å². The van der Waals surface area contributed by atoms with Gasteiger partial charge < -0.3 is 10.4 Å². The summed E-state index contributed by atoms with van der Waals surface area (Å²) in [7, 11) is 0. The first-order chi connectivity index (χ1) is 7.98. The first kappa shape index (κ1) is 13.4. The van der Waals surface area contributed by atoms with E-state index in [0.29, 0.717) is 12.0 Å². The van der Waals surface area contributed by atoms with Crippen LogP contribution < -0.4 is 5.32 Å². The highest BCUT2D eigenvalue weighted by Crippen LogP contribution is 2.35. The molecule has 0 aliphatic heterocycles. The smallest absolute Gasteiger partial charge is 0.0774 e. The Labute approximate surface area is 106 Å². The van der Waals surface area contributed by atoms with Crippen molar-refractivity contribution in [1.82, 2.24) is 5.32 Å². The average Bonchev–Trinajstić information content (AvgIpc) is 2.13. The molecule has 2 heteroatoms. The van der Waals surface area contributed by atoms with Crippen molar-refractivity contribution in [3.05, 3.63) is 0 Å². The molecule has 0 heterocycles. The van der Waals surface area contributed by atoms with Gasteiger partial charge in [-0.1, -0.05) is 33.6 Å². The van der Waals surface area contributed by atoms with E-state index in [9.17, 15) is 5.11 Å². The molecule has 2 aliphatic carbocycles. The molecule has 0 bridgehead atoms. The third-order valence-electron chi connectivity index (χ3n) is 4.90. The summed E-state index contributed by atoms with van der Waals surface area (Å²) in [5.41, 5.74) is -0.416. The fraction of sp³-hybridized carbons (Fsp3) is 1.00. The Balaban J connectivity index is 1.68. The van der Waals surface area contributed by atoms with Crippen LogP contribution in [0, 0.1) is 17.8 Å². The van der Waals surface area contributed by atoms with Gasteiger partial charge in [-0.15, -0.1) is 0 Å². The number of nitrogens with one attached hydrogen (secondary N) is 1. The Morgan fingerprint density at radius 2 is 2.06 bits per heavy atom. The minimum Gasteiger partial charge on any atom is -0.389 e. The highest BCUT2D eigenvalue weighted by molar-refractivity contribution is 4.92. The maximum Gasteiger partial charge on any atom is 0.0774 e. The van der Waals surface area contributed by atoms with Crippen LogP contribution in [0.3, 0.4) is 0 Å². The van der Waals surface area contributed by atoms with E-state index in [1.165, 1.54) is 25.7 Å². The van der Waals surface area contributed by atoms with Gasteiger partial charge in [0.05, 0.1) is 5.60 Å². The molecule has 0 aromatic carbocycles. The predicted molar refractivity (Wildman–Crippen MR) is 71.9 cm³/mol. The van der Waals surface area contributed by atoms with Crippen molar-refractivity contribution in [2.45, 2.75) is 70.9 Å². The van der Waals surface area contributed by atoms with Crippen LogP contribution in [0.4, 0.5) is 0 Å². The zero-order chi connectivity index (χ0) is 12.5. The summed E-state index contributed by atoms with van der Waals surface area (Å²) in [6, 6.07) is 0.670. The molecule has 2 aliphatic rings. The molecule has 0 saturated heterocycles. The van der Waals surface area contributed by atoms with Gasteiger partial charge in [-0.05, 0) is 43.4 Å². The lowest BCUT2D eigenvalue weighted by Crippen LogP contribution is -2.51. The van der Waals surface area contributed by atoms with Gasteiger partial charge in [0.25, 0.3) is 0 Å². The first-order valence-corrected chi connectivity index (χ1v) is 7.44. The SMILES string of the molecule is CC1CCCC(O)(CNC2CC(C(C)C)C2)C1. The van der Waals surface area contributed by atoms with Crippen molar-refractivity contribution >= 4 is 0 Å². The highest BCUT2D eigenvalue weighted by Gasteiger charge is 2.36.